The van der Waals surface area contributed by atoms with Crippen LogP contribution in [0, 0.1) is 0 Å². The molecule has 6 aliphatic heterocycles. The van der Waals surface area contributed by atoms with Crippen molar-refractivity contribution in [2.75, 3.05) is 21.3 Å². The monoisotopic (exact) mass is 1720 g/mol. The highest BCUT2D eigenvalue weighted by molar-refractivity contribution is 6.15. The van der Waals surface area contributed by atoms with Crippen molar-refractivity contribution in [2.24, 2.45) is 0 Å². The number of carbonyl (C=O) groups excluding carboxylic acids is 2. The lowest BCUT2D eigenvalue weighted by atomic mass is 9.97. The number of H-pyrrole nitrogens is 6. The summed E-state index contributed by atoms with van der Waals surface area (Å²) in [4.78, 5) is 91.9. The van der Waals surface area contributed by atoms with Gasteiger partial charge in [0, 0.05) is 44.1 Å². The van der Waals surface area contributed by atoms with Crippen molar-refractivity contribution in [1.29, 1.82) is 0 Å². The van der Waals surface area contributed by atoms with Gasteiger partial charge in [0.2, 0.25) is 0 Å². The molecule has 15 heterocycles. The van der Waals surface area contributed by atoms with Crippen molar-refractivity contribution in [3.63, 3.8) is 0 Å². The Labute approximate surface area is 757 Å². The van der Waals surface area contributed by atoms with Crippen molar-refractivity contribution in [2.45, 2.75) is 320 Å². The van der Waals surface area contributed by atoms with E-state index >= 15 is 9.59 Å². The van der Waals surface area contributed by atoms with Gasteiger partial charge < -0.3 is 51.2 Å². The second-order valence-electron chi connectivity index (χ2n) is 34.5. The molecular weight excluding hydrogens is 1580 g/mol. The zero-order chi connectivity index (χ0) is 91.1. The van der Waals surface area contributed by atoms with E-state index in [2.05, 4.69) is 266 Å². The fourth-order valence-corrected chi connectivity index (χ4v) is 22.7. The molecule has 24 bridgehead atoms. The molecule has 9 aromatic heterocycles. The normalized spacial score (nSPS) is 13.6. The third kappa shape index (κ3) is 15.4. The summed E-state index contributed by atoms with van der Waals surface area (Å²) in [6.45, 7) is 53.5. The number of hydrogen-bond acceptors (Lipinski definition) is 8. The summed E-state index contributed by atoms with van der Waals surface area (Å²) in [6, 6.07) is 17.3. The van der Waals surface area contributed by atoms with E-state index in [1.807, 2.05) is 0 Å². The molecule has 18 heteroatoms. The second kappa shape index (κ2) is 38.3. The Morgan fingerprint density at radius 1 is 0.188 bits per heavy atom. The van der Waals surface area contributed by atoms with Gasteiger partial charge in [-0.1, -0.05) is 166 Å². The average Bonchev–Trinajstić information content (AvgIpc) is 1.59. The van der Waals surface area contributed by atoms with Crippen molar-refractivity contribution in [1.82, 2.24) is 59.8 Å². The number of rotatable bonds is 28. The molecule has 0 saturated heterocycles. The molecule has 0 spiro atoms. The molecule has 0 atom stereocenters. The number of urea groups is 2. The molecule has 0 fully saturated rings. The lowest BCUT2D eigenvalue weighted by Crippen LogP contribution is -2.21. The molecule has 670 valence electrons. The maximum Gasteiger partial charge on any atom is 0.323 e. The molecule has 18 nitrogen and oxygen atoms in total. The van der Waals surface area contributed by atoms with Crippen LogP contribution < -0.4 is 21.3 Å². The summed E-state index contributed by atoms with van der Waals surface area (Å²) in [5, 5.41) is 14.7. The summed E-state index contributed by atoms with van der Waals surface area (Å²) in [7, 11) is 0. The fourth-order valence-electron chi connectivity index (χ4n) is 22.7. The van der Waals surface area contributed by atoms with Gasteiger partial charge in [0.05, 0.1) is 113 Å². The maximum atomic E-state index is 16.7. The zero-order valence-electron chi connectivity index (χ0n) is 81.1. The summed E-state index contributed by atoms with van der Waals surface area (Å²) in [6.07, 6.45) is 17.8. The van der Waals surface area contributed by atoms with Gasteiger partial charge in [-0.2, -0.15) is 0 Å². The van der Waals surface area contributed by atoms with Crippen LogP contribution in [-0.2, 0) is 77.0 Å². The molecule has 0 saturated carbocycles. The lowest BCUT2D eigenvalue weighted by molar-refractivity contribution is 0.261. The number of fused-ring (bicyclic) bond motifs is 24. The van der Waals surface area contributed by atoms with E-state index in [1.54, 1.807) is 0 Å². The van der Waals surface area contributed by atoms with Crippen LogP contribution in [0.5, 0.6) is 0 Å². The topological polar surface area (TPSA) is 254 Å². The Morgan fingerprint density at radius 2 is 0.328 bits per heavy atom. The first-order valence-corrected chi connectivity index (χ1v) is 49.2. The minimum Gasteiger partial charge on any atom is -0.355 e. The molecule has 0 aromatic carbocycles. The van der Waals surface area contributed by atoms with Crippen LogP contribution in [-0.4, -0.2) is 71.9 Å². The number of aromatic amines is 6. The third-order valence-corrected chi connectivity index (χ3v) is 28.4. The van der Waals surface area contributed by atoms with E-state index in [0.29, 0.717) is 111 Å². The zero-order valence-corrected chi connectivity index (χ0v) is 81.1. The van der Waals surface area contributed by atoms with Crippen LogP contribution in [0.15, 0.2) is 48.5 Å². The number of aryl methyl sites for hydroxylation is 12. The van der Waals surface area contributed by atoms with E-state index in [9.17, 15) is 0 Å². The first-order valence-electron chi connectivity index (χ1n) is 49.2. The Balaban J connectivity index is 0.982. The molecule has 9 aromatic rings. The number of anilines is 4. The largest absolute Gasteiger partial charge is 0.355 e. The Kier molecular flexibility index (Phi) is 27.3. The number of aromatic nitrogens is 12. The van der Waals surface area contributed by atoms with Gasteiger partial charge in [0.25, 0.3) is 0 Å². The van der Waals surface area contributed by atoms with Crippen LogP contribution in [0.25, 0.3) is 133 Å². The molecule has 6 aliphatic rings. The third-order valence-electron chi connectivity index (χ3n) is 28.4. The predicted molar refractivity (Wildman–Crippen MR) is 545 cm³/mol. The van der Waals surface area contributed by atoms with E-state index in [0.717, 1.165) is 278 Å². The molecule has 128 heavy (non-hydrogen) atoms. The molecule has 10 N–H and O–H groups in total. The van der Waals surface area contributed by atoms with Gasteiger partial charge in [0.1, 0.15) is 0 Å². The second-order valence-corrected chi connectivity index (χ2v) is 34.5. The highest BCUT2D eigenvalue weighted by Crippen LogP contribution is 2.49. The molecular formula is C110H138N16O2. The van der Waals surface area contributed by atoms with Crippen LogP contribution >= 0.6 is 0 Å². The predicted octanol–water partition coefficient (Wildman–Crippen LogP) is 30.0. The van der Waals surface area contributed by atoms with Gasteiger partial charge in [-0.25, -0.2) is 39.5 Å². The van der Waals surface area contributed by atoms with Gasteiger partial charge >= 0.3 is 12.1 Å². The summed E-state index contributed by atoms with van der Waals surface area (Å²) in [5.74, 6) is 0. The molecule has 4 amide bonds. The quantitative estimate of drug-likeness (QED) is 0.0225. The van der Waals surface area contributed by atoms with Crippen molar-refractivity contribution < 1.29 is 9.59 Å². The highest BCUT2D eigenvalue weighted by Gasteiger charge is 2.34. The van der Waals surface area contributed by atoms with Gasteiger partial charge in [-0.15, -0.1) is 0 Å². The van der Waals surface area contributed by atoms with Crippen molar-refractivity contribution in [3.05, 3.63) is 184 Å². The summed E-state index contributed by atoms with van der Waals surface area (Å²) in [5.41, 5.74) is 51.9. The number of nitrogens with one attached hydrogen (secondary N) is 10. The minimum absolute atomic E-state index is 0.419. The number of allylic oxidation sites excluding steroid dienone is 12. The Hall–Kier alpha value is -11.7. The summed E-state index contributed by atoms with van der Waals surface area (Å²) < 4.78 is 0. The van der Waals surface area contributed by atoms with Gasteiger partial charge in [0.15, 0.2) is 0 Å². The minimum atomic E-state index is -0.419. The molecule has 0 aliphatic carbocycles. The van der Waals surface area contributed by atoms with Crippen LogP contribution in [0.4, 0.5) is 32.3 Å². The van der Waals surface area contributed by atoms with Crippen LogP contribution in [0.1, 0.15) is 378 Å². The van der Waals surface area contributed by atoms with E-state index in [-0.39, 0.29) is 0 Å². The molecule has 15 rings (SSSR count). The van der Waals surface area contributed by atoms with Gasteiger partial charge in [-0.3, -0.25) is 0 Å². The fraction of sp³-hybridized carbons (Fsp3) is 0.436. The number of amides is 4. The standard InChI is InChI=1S/C110H138N16O2/c1-25-57-61(29-5)85-51-89-65(33-9)73(41-17)97(115-89)105(98-74(42-18)66(34-10)90(116-98)52-86-62(30-6)58(26-2)82(112-86)49-81(57)111-85)123-109(127)125-107-101-77(45-21)69(37-13)93(119-101)55-95-71(39-15)79(47-23)103(121-95)108(104-80(48-24)72(40-16)96(122-104)56-94-70(38-14)78(46-22)102(107)120-94)126-110(128)124-106-99-75(43-19)67(35-11)91(117-99)53-87-63(31-7)59(27-3)83(113-87)50-84-60(28-4)64(32-8)88(114-84)54-92-68(36-12)76(44-20)100(106)118-92/h49-56,111,113,116,118-119,122H,25-48H2,1-24H3,(H2,123,125,127)(H2,124,126,128). The van der Waals surface area contributed by atoms with Crippen molar-refractivity contribution in [3.8, 4) is 0 Å². The van der Waals surface area contributed by atoms with Crippen LogP contribution in [0.2, 0.25) is 0 Å². The Bertz CT molecular complexity index is 6380. The number of carbonyl (C=O) groups is 2. The SMILES string of the molecule is CCC1=C(CC)c2cc3[nH]c(c(CC)c3CC)c(NC(=O)Nc3c4nc(cc5[nH]c(c(CC)c5CC)c(NC(=O)Nc5c6nc(cc7[nH]c(cc8nc(cc9[nH]c5c(CC)c9CC)C(CC)=C8CC)c(CC)c7CC)C(CC)=C6CC)c5nc(cc6[nH]c3c(CC)c6CC)C(CC)=C5CC)C(CC)=C4CC)c3nc(cc4[nH]c(cc1n2)c(CC)c4CC)C(CC)=C3CC. The molecule has 0 unspecified atom stereocenters. The summed E-state index contributed by atoms with van der Waals surface area (Å²) >= 11 is 0. The van der Waals surface area contributed by atoms with E-state index < -0.39 is 12.1 Å². The van der Waals surface area contributed by atoms with E-state index in [1.165, 1.54) is 55.7 Å². The van der Waals surface area contributed by atoms with Crippen LogP contribution in [0.3, 0.4) is 0 Å². The first kappa shape index (κ1) is 91.1. The highest BCUT2D eigenvalue weighted by atomic mass is 16.2. The average molecular weight is 1720 g/mol. The number of hydrogen-bond donors (Lipinski definition) is 10. The molecule has 0 radical (unpaired) electrons. The van der Waals surface area contributed by atoms with E-state index in [4.69, 9.17) is 29.9 Å². The maximum absolute atomic E-state index is 16.7. The van der Waals surface area contributed by atoms with Gasteiger partial charge in [-0.05, 0) is 336 Å². The Morgan fingerprint density at radius 3 is 0.484 bits per heavy atom. The smallest absolute Gasteiger partial charge is 0.323 e. The van der Waals surface area contributed by atoms with Crippen molar-refractivity contribution >= 4 is 168 Å². The number of nitrogens with zero attached hydrogens (tertiary/aromatic N) is 6. The lowest BCUT2D eigenvalue weighted by Gasteiger charge is -2.15. The first-order chi connectivity index (χ1) is 62.2.